The fraction of sp³-hybridized carbons (Fsp3) is 0.226. The number of pyridine rings is 1. The number of nitrogens with zero attached hydrogens (tertiary/aromatic N) is 2. The Hall–Kier alpha value is -4.72. The first-order valence-electron chi connectivity index (χ1n) is 12.8. The third kappa shape index (κ3) is 5.75. The van der Waals surface area contributed by atoms with Gasteiger partial charge in [-0.15, -0.1) is 0 Å². The van der Waals surface area contributed by atoms with Gasteiger partial charge in [0.15, 0.2) is 0 Å². The molecule has 198 valence electrons. The van der Waals surface area contributed by atoms with Crippen LogP contribution in [-0.2, 0) is 22.5 Å². The monoisotopic (exact) mass is 522 g/mol. The smallest absolute Gasteiger partial charge is 0.411 e. The third-order valence-corrected chi connectivity index (χ3v) is 6.51. The fourth-order valence-electron chi connectivity index (χ4n) is 4.66. The molecule has 8 heteroatoms. The highest BCUT2D eigenvalue weighted by atomic mass is 16.6. The van der Waals surface area contributed by atoms with Crippen LogP contribution in [0, 0.1) is 0 Å². The number of nitrogens with one attached hydrogen (secondary N) is 2. The Morgan fingerprint density at radius 3 is 2.28 bits per heavy atom. The molecule has 1 aliphatic heterocycles. The number of carbonyl (C=O) groups excluding carboxylic acids is 3. The molecule has 5 rings (SSSR count). The van der Waals surface area contributed by atoms with E-state index in [0.29, 0.717) is 28.6 Å². The summed E-state index contributed by atoms with van der Waals surface area (Å²) in [7, 11) is 0. The van der Waals surface area contributed by atoms with Gasteiger partial charge in [-0.2, -0.15) is 0 Å². The van der Waals surface area contributed by atoms with Crippen molar-refractivity contribution in [2.24, 2.45) is 0 Å². The lowest BCUT2D eigenvalue weighted by molar-refractivity contribution is -0.127. The van der Waals surface area contributed by atoms with Crippen molar-refractivity contribution in [2.45, 2.75) is 45.4 Å². The van der Waals surface area contributed by atoms with Crippen LogP contribution in [0.15, 0.2) is 84.9 Å². The van der Waals surface area contributed by atoms with E-state index < -0.39 is 29.6 Å². The summed E-state index contributed by atoms with van der Waals surface area (Å²) in [5.41, 5.74) is 8.85. The summed E-state index contributed by atoms with van der Waals surface area (Å²) in [5, 5.41) is 0.658. The second-order valence-corrected chi connectivity index (χ2v) is 10.5. The van der Waals surface area contributed by atoms with E-state index in [1.165, 1.54) is 4.90 Å². The van der Waals surface area contributed by atoms with Gasteiger partial charge in [-0.1, -0.05) is 72.8 Å². The molecule has 39 heavy (non-hydrogen) atoms. The van der Waals surface area contributed by atoms with Gasteiger partial charge in [0.1, 0.15) is 11.6 Å². The molecule has 3 aromatic carbocycles. The number of benzene rings is 3. The van der Waals surface area contributed by atoms with Crippen LogP contribution in [0.5, 0.6) is 0 Å². The van der Waals surface area contributed by atoms with E-state index in [1.807, 2.05) is 78.9 Å². The zero-order valence-corrected chi connectivity index (χ0v) is 22.1. The second-order valence-electron chi connectivity index (χ2n) is 10.5. The lowest BCUT2D eigenvalue weighted by Crippen LogP contribution is -2.56. The van der Waals surface area contributed by atoms with Crippen molar-refractivity contribution in [3.8, 4) is 11.3 Å². The molecule has 3 amide bonds. The minimum Gasteiger partial charge on any atom is -0.444 e. The van der Waals surface area contributed by atoms with Gasteiger partial charge < -0.3 is 4.74 Å². The van der Waals surface area contributed by atoms with E-state index in [-0.39, 0.29) is 6.54 Å². The Morgan fingerprint density at radius 2 is 1.54 bits per heavy atom. The van der Waals surface area contributed by atoms with Gasteiger partial charge in [0.2, 0.25) is 0 Å². The maximum Gasteiger partial charge on any atom is 0.411 e. The average molecular weight is 523 g/mol. The molecule has 2 heterocycles. The zero-order chi connectivity index (χ0) is 27.6. The Labute approximate surface area is 227 Å². The number of fused-ring (bicyclic) bond motifs is 2. The van der Waals surface area contributed by atoms with Crippen molar-refractivity contribution in [1.82, 2.24) is 20.7 Å². The van der Waals surface area contributed by atoms with E-state index in [1.54, 1.807) is 26.8 Å². The van der Waals surface area contributed by atoms with E-state index in [0.717, 1.165) is 16.7 Å². The number of ether oxygens (including phenoxy) is 1. The highest BCUT2D eigenvalue weighted by Gasteiger charge is 2.37. The number of rotatable bonds is 3. The molecule has 1 aromatic heterocycles. The summed E-state index contributed by atoms with van der Waals surface area (Å²) < 4.78 is 5.58. The number of para-hydroxylation sites is 1. The first kappa shape index (κ1) is 25.9. The van der Waals surface area contributed by atoms with Gasteiger partial charge in [-0.3, -0.25) is 25.3 Å². The Morgan fingerprint density at radius 1 is 0.872 bits per heavy atom. The van der Waals surface area contributed by atoms with Crippen LogP contribution in [0.3, 0.4) is 0 Å². The van der Waals surface area contributed by atoms with Crippen LogP contribution in [0.1, 0.15) is 42.3 Å². The largest absolute Gasteiger partial charge is 0.444 e. The Bertz CT molecular complexity index is 1550. The number of amides is 3. The van der Waals surface area contributed by atoms with Gasteiger partial charge in [-0.25, -0.2) is 9.78 Å². The highest BCUT2D eigenvalue weighted by Crippen LogP contribution is 2.26. The summed E-state index contributed by atoms with van der Waals surface area (Å²) in [6.07, 6.45) is -0.288. The zero-order valence-electron chi connectivity index (χ0n) is 22.1. The Balaban J connectivity index is 1.39. The van der Waals surface area contributed by atoms with Gasteiger partial charge in [0.05, 0.1) is 23.3 Å². The summed E-state index contributed by atoms with van der Waals surface area (Å²) in [6, 6.07) is 25.5. The fourth-order valence-corrected chi connectivity index (χ4v) is 4.66. The Kier molecular flexibility index (Phi) is 7.02. The quantitative estimate of drug-likeness (QED) is 0.368. The normalized spacial score (nSPS) is 14.8. The molecule has 0 spiro atoms. The van der Waals surface area contributed by atoms with Crippen molar-refractivity contribution in [2.75, 3.05) is 0 Å². The van der Waals surface area contributed by atoms with E-state index in [2.05, 4.69) is 10.9 Å². The van der Waals surface area contributed by atoms with Crippen molar-refractivity contribution >= 4 is 28.8 Å². The number of aromatic nitrogens is 1. The van der Waals surface area contributed by atoms with Crippen LogP contribution in [0.25, 0.3) is 22.2 Å². The van der Waals surface area contributed by atoms with Crippen LogP contribution >= 0.6 is 0 Å². The lowest BCUT2D eigenvalue weighted by Gasteiger charge is -2.36. The number of carbonyl (C=O) groups is 3. The van der Waals surface area contributed by atoms with Gasteiger partial charge in [-0.05, 0) is 44.0 Å². The molecule has 0 radical (unpaired) electrons. The van der Waals surface area contributed by atoms with Crippen molar-refractivity contribution in [1.29, 1.82) is 0 Å². The summed E-state index contributed by atoms with van der Waals surface area (Å²) in [4.78, 5) is 45.9. The SMILES string of the molecule is CC(C)(C)OC(=O)N1Cc2ccccc2CC1C(=O)NNC(=O)c1cc(-c2ccccc2)nc2ccccc12. The first-order chi connectivity index (χ1) is 18.7. The third-order valence-electron chi connectivity index (χ3n) is 6.51. The predicted octanol–water partition coefficient (Wildman–Crippen LogP) is 5.02. The molecule has 8 nitrogen and oxygen atoms in total. The van der Waals surface area contributed by atoms with Gasteiger partial charge >= 0.3 is 6.09 Å². The van der Waals surface area contributed by atoms with Crippen LogP contribution in [0.2, 0.25) is 0 Å². The predicted molar refractivity (Wildman–Crippen MR) is 148 cm³/mol. The number of hydrogen-bond acceptors (Lipinski definition) is 5. The summed E-state index contributed by atoms with van der Waals surface area (Å²) in [6.45, 7) is 5.56. The lowest BCUT2D eigenvalue weighted by atomic mass is 9.94. The molecule has 0 saturated carbocycles. The van der Waals surface area contributed by atoms with E-state index in [4.69, 9.17) is 9.72 Å². The van der Waals surface area contributed by atoms with Gasteiger partial charge in [0.25, 0.3) is 11.8 Å². The first-order valence-corrected chi connectivity index (χ1v) is 12.8. The van der Waals surface area contributed by atoms with Crippen molar-refractivity contribution < 1.29 is 19.1 Å². The second kappa shape index (κ2) is 10.6. The molecule has 2 N–H and O–H groups in total. The number of hydrazine groups is 1. The highest BCUT2D eigenvalue weighted by molar-refractivity contribution is 6.07. The molecule has 0 aliphatic carbocycles. The van der Waals surface area contributed by atoms with E-state index >= 15 is 0 Å². The van der Waals surface area contributed by atoms with Crippen LogP contribution < -0.4 is 10.9 Å². The maximum atomic E-state index is 13.4. The standard InChI is InChI=1S/C31H30N4O4/c1-31(2,3)39-30(38)35-19-22-14-8-7-13-21(22)17-27(35)29(37)34-33-28(36)24-18-26(20-11-5-4-6-12-20)32-25-16-10-9-15-23(24)25/h4-16,18,27H,17,19H2,1-3H3,(H,33,36)(H,34,37). The molecule has 0 fully saturated rings. The maximum absolute atomic E-state index is 13.4. The van der Waals surface area contributed by atoms with Crippen molar-refractivity contribution in [3.05, 3.63) is 102 Å². The molecule has 0 saturated heterocycles. The van der Waals surface area contributed by atoms with Crippen LogP contribution in [0.4, 0.5) is 4.79 Å². The minimum atomic E-state index is -0.857. The van der Waals surface area contributed by atoms with Crippen molar-refractivity contribution in [3.63, 3.8) is 0 Å². The summed E-state index contributed by atoms with van der Waals surface area (Å²) in [5.74, 6) is -0.996. The van der Waals surface area contributed by atoms with Crippen LogP contribution in [-0.4, -0.2) is 39.4 Å². The number of hydrogen-bond donors (Lipinski definition) is 2. The topological polar surface area (TPSA) is 101 Å². The average Bonchev–Trinajstić information content (AvgIpc) is 2.94. The molecular formula is C31H30N4O4. The summed E-state index contributed by atoms with van der Waals surface area (Å²) >= 11 is 0. The molecule has 1 atom stereocenters. The molecule has 1 unspecified atom stereocenters. The minimum absolute atomic E-state index is 0.229. The van der Waals surface area contributed by atoms with E-state index in [9.17, 15) is 14.4 Å². The molecular weight excluding hydrogens is 492 g/mol. The molecule has 4 aromatic rings. The molecule has 0 bridgehead atoms. The molecule has 1 aliphatic rings. The van der Waals surface area contributed by atoms with Gasteiger partial charge in [0, 0.05) is 17.4 Å².